The van der Waals surface area contributed by atoms with Gasteiger partial charge in [0.15, 0.2) is 5.82 Å². The summed E-state index contributed by atoms with van der Waals surface area (Å²) in [5.41, 5.74) is 2.77. The SMILES string of the molecule is COc1ccc(NC(=O)/C=C/n2cnc(-c3cccc(C)c3)n2)cc1. The summed E-state index contributed by atoms with van der Waals surface area (Å²) in [5, 5.41) is 7.11. The fraction of sp³-hybridized carbons (Fsp3) is 0.105. The van der Waals surface area contributed by atoms with Crippen LogP contribution in [0.4, 0.5) is 5.69 Å². The van der Waals surface area contributed by atoms with Crippen molar-refractivity contribution in [1.29, 1.82) is 0 Å². The summed E-state index contributed by atoms with van der Waals surface area (Å²) in [6.45, 7) is 2.02. The van der Waals surface area contributed by atoms with Crippen LogP contribution in [0.5, 0.6) is 5.75 Å². The first-order valence-corrected chi connectivity index (χ1v) is 7.75. The Hall–Kier alpha value is -3.41. The number of rotatable bonds is 5. The zero-order valence-corrected chi connectivity index (χ0v) is 14.0. The molecule has 0 spiro atoms. The lowest BCUT2D eigenvalue weighted by atomic mass is 10.1. The van der Waals surface area contributed by atoms with Gasteiger partial charge in [-0.05, 0) is 37.3 Å². The van der Waals surface area contributed by atoms with E-state index in [1.807, 2.05) is 31.2 Å². The zero-order chi connectivity index (χ0) is 17.6. The summed E-state index contributed by atoms with van der Waals surface area (Å²) >= 11 is 0. The highest BCUT2D eigenvalue weighted by Gasteiger charge is 2.03. The Morgan fingerprint density at radius 2 is 2.00 bits per heavy atom. The molecule has 0 aliphatic heterocycles. The van der Waals surface area contributed by atoms with Crippen LogP contribution < -0.4 is 10.1 Å². The quantitative estimate of drug-likeness (QED) is 0.726. The molecule has 126 valence electrons. The van der Waals surface area contributed by atoms with Gasteiger partial charge in [0.05, 0.1) is 7.11 Å². The molecule has 6 heteroatoms. The van der Waals surface area contributed by atoms with E-state index in [9.17, 15) is 4.79 Å². The first-order valence-electron chi connectivity index (χ1n) is 7.75. The molecule has 1 amide bonds. The molecule has 2 aromatic carbocycles. The number of nitrogens with one attached hydrogen (secondary N) is 1. The Kier molecular flexibility index (Phi) is 4.89. The van der Waals surface area contributed by atoms with Gasteiger partial charge in [0.1, 0.15) is 12.1 Å². The lowest BCUT2D eigenvalue weighted by Crippen LogP contribution is -2.08. The van der Waals surface area contributed by atoms with Crippen molar-refractivity contribution in [2.45, 2.75) is 6.92 Å². The van der Waals surface area contributed by atoms with Gasteiger partial charge in [-0.15, -0.1) is 5.10 Å². The van der Waals surface area contributed by atoms with Crippen molar-refractivity contribution in [2.75, 3.05) is 12.4 Å². The lowest BCUT2D eigenvalue weighted by Gasteiger charge is -2.03. The van der Waals surface area contributed by atoms with Crippen LogP contribution in [-0.4, -0.2) is 27.8 Å². The van der Waals surface area contributed by atoms with E-state index in [4.69, 9.17) is 4.74 Å². The molecule has 0 bridgehead atoms. The second-order valence-electron chi connectivity index (χ2n) is 5.45. The Morgan fingerprint density at radius 3 is 2.72 bits per heavy atom. The topological polar surface area (TPSA) is 69.0 Å². The molecule has 1 aromatic heterocycles. The molecule has 0 saturated heterocycles. The van der Waals surface area contributed by atoms with Gasteiger partial charge in [0, 0.05) is 23.5 Å². The van der Waals surface area contributed by atoms with E-state index in [2.05, 4.69) is 15.4 Å². The molecule has 0 saturated carbocycles. The van der Waals surface area contributed by atoms with E-state index >= 15 is 0 Å². The number of hydrogen-bond donors (Lipinski definition) is 1. The third-order valence-electron chi connectivity index (χ3n) is 3.52. The van der Waals surface area contributed by atoms with Crippen LogP contribution in [0.3, 0.4) is 0 Å². The predicted octanol–water partition coefficient (Wildman–Crippen LogP) is 3.37. The van der Waals surface area contributed by atoms with E-state index < -0.39 is 0 Å². The van der Waals surface area contributed by atoms with Crippen LogP contribution in [-0.2, 0) is 4.79 Å². The van der Waals surface area contributed by atoms with Crippen molar-refractivity contribution in [3.05, 3.63) is 66.5 Å². The third-order valence-corrected chi connectivity index (χ3v) is 3.52. The molecule has 3 aromatic rings. The Bertz CT molecular complexity index is 898. The molecular weight excluding hydrogens is 316 g/mol. The van der Waals surface area contributed by atoms with Gasteiger partial charge in [0.2, 0.25) is 5.91 Å². The number of amides is 1. The molecule has 0 aliphatic carbocycles. The highest BCUT2D eigenvalue weighted by molar-refractivity contribution is 6.00. The highest BCUT2D eigenvalue weighted by atomic mass is 16.5. The molecule has 1 N–H and O–H groups in total. The number of aromatic nitrogens is 3. The van der Waals surface area contributed by atoms with E-state index in [-0.39, 0.29) is 5.91 Å². The number of carbonyl (C=O) groups excluding carboxylic acids is 1. The van der Waals surface area contributed by atoms with Crippen molar-refractivity contribution in [1.82, 2.24) is 14.8 Å². The average Bonchev–Trinajstić information content (AvgIpc) is 3.10. The number of anilines is 1. The number of carbonyl (C=O) groups is 1. The minimum absolute atomic E-state index is 0.252. The van der Waals surface area contributed by atoms with Gasteiger partial charge in [-0.1, -0.05) is 23.8 Å². The van der Waals surface area contributed by atoms with E-state index in [0.29, 0.717) is 11.5 Å². The van der Waals surface area contributed by atoms with Crippen LogP contribution in [0.2, 0.25) is 0 Å². The summed E-state index contributed by atoms with van der Waals surface area (Å²) in [5.74, 6) is 1.10. The molecule has 25 heavy (non-hydrogen) atoms. The fourth-order valence-electron chi connectivity index (χ4n) is 2.27. The normalized spacial score (nSPS) is 10.8. The van der Waals surface area contributed by atoms with Crippen LogP contribution in [0, 0.1) is 6.92 Å². The Labute approximate surface area is 145 Å². The summed E-state index contributed by atoms with van der Waals surface area (Å²) in [7, 11) is 1.60. The standard InChI is InChI=1S/C19H18N4O2/c1-14-4-3-5-15(12-14)19-20-13-23(22-19)11-10-18(24)21-16-6-8-17(25-2)9-7-16/h3-13H,1-2H3,(H,21,24)/b11-10+. The number of benzene rings is 2. The fourth-order valence-corrected chi connectivity index (χ4v) is 2.27. The molecule has 0 unspecified atom stereocenters. The maximum Gasteiger partial charge on any atom is 0.249 e. The maximum absolute atomic E-state index is 12.0. The van der Waals surface area contributed by atoms with Crippen LogP contribution in [0.15, 0.2) is 60.9 Å². The van der Waals surface area contributed by atoms with Crippen molar-refractivity contribution < 1.29 is 9.53 Å². The van der Waals surface area contributed by atoms with Crippen LogP contribution in [0.1, 0.15) is 5.56 Å². The minimum atomic E-state index is -0.252. The monoisotopic (exact) mass is 334 g/mol. The van der Waals surface area contributed by atoms with Crippen LogP contribution in [0.25, 0.3) is 17.6 Å². The number of nitrogens with zero attached hydrogens (tertiary/aromatic N) is 3. The molecule has 3 rings (SSSR count). The summed E-state index contributed by atoms with van der Waals surface area (Å²) in [6, 6.07) is 15.1. The van der Waals surface area contributed by atoms with Crippen molar-refractivity contribution in [3.63, 3.8) is 0 Å². The maximum atomic E-state index is 12.0. The minimum Gasteiger partial charge on any atom is -0.497 e. The first kappa shape index (κ1) is 16.4. The smallest absolute Gasteiger partial charge is 0.249 e. The third kappa shape index (κ3) is 4.32. The summed E-state index contributed by atoms with van der Waals surface area (Å²) < 4.78 is 6.59. The van der Waals surface area contributed by atoms with Gasteiger partial charge in [-0.3, -0.25) is 4.79 Å². The zero-order valence-electron chi connectivity index (χ0n) is 14.0. The van der Waals surface area contributed by atoms with E-state index in [1.54, 1.807) is 43.9 Å². The van der Waals surface area contributed by atoms with Crippen LogP contribution >= 0.6 is 0 Å². The van der Waals surface area contributed by atoms with Gasteiger partial charge in [0.25, 0.3) is 0 Å². The van der Waals surface area contributed by atoms with Crippen molar-refractivity contribution in [2.24, 2.45) is 0 Å². The number of hydrogen-bond acceptors (Lipinski definition) is 4. The molecule has 0 fully saturated rings. The van der Waals surface area contributed by atoms with Crippen molar-refractivity contribution in [3.8, 4) is 17.1 Å². The lowest BCUT2D eigenvalue weighted by molar-refractivity contribution is -0.111. The Morgan fingerprint density at radius 1 is 1.20 bits per heavy atom. The molecule has 0 aliphatic rings. The predicted molar refractivity (Wildman–Crippen MR) is 97.1 cm³/mol. The second kappa shape index (κ2) is 7.44. The van der Waals surface area contributed by atoms with E-state index in [0.717, 1.165) is 16.9 Å². The largest absolute Gasteiger partial charge is 0.497 e. The molecule has 6 nitrogen and oxygen atoms in total. The second-order valence-corrected chi connectivity index (χ2v) is 5.45. The summed E-state index contributed by atoms with van der Waals surface area (Å²) in [4.78, 5) is 16.2. The Balaban J connectivity index is 1.64. The van der Waals surface area contributed by atoms with Gasteiger partial charge < -0.3 is 10.1 Å². The van der Waals surface area contributed by atoms with Gasteiger partial charge >= 0.3 is 0 Å². The number of ether oxygens (including phenoxy) is 1. The molecular formula is C19H18N4O2. The van der Waals surface area contributed by atoms with E-state index in [1.165, 1.54) is 10.8 Å². The highest BCUT2D eigenvalue weighted by Crippen LogP contribution is 2.16. The first-order chi connectivity index (χ1) is 12.1. The van der Waals surface area contributed by atoms with Gasteiger partial charge in [-0.2, -0.15) is 0 Å². The molecule has 1 heterocycles. The number of aryl methyl sites for hydroxylation is 1. The molecule has 0 radical (unpaired) electrons. The van der Waals surface area contributed by atoms with Gasteiger partial charge in [-0.25, -0.2) is 9.67 Å². The average molecular weight is 334 g/mol. The molecule has 0 atom stereocenters. The number of methoxy groups -OCH3 is 1. The summed E-state index contributed by atoms with van der Waals surface area (Å²) in [6.07, 6.45) is 4.53. The van der Waals surface area contributed by atoms with Crippen molar-refractivity contribution >= 4 is 17.8 Å².